The van der Waals surface area contributed by atoms with E-state index in [1.165, 1.54) is 36.4 Å². The summed E-state index contributed by atoms with van der Waals surface area (Å²) in [6.07, 6.45) is 0. The zero-order valence-electron chi connectivity index (χ0n) is 15.2. The minimum Gasteiger partial charge on any atom is -0.324 e. The van der Waals surface area contributed by atoms with Gasteiger partial charge in [-0.25, -0.2) is 0 Å². The lowest BCUT2D eigenvalue weighted by atomic mass is 10.3. The Morgan fingerprint density at radius 2 is 1.06 bits per heavy atom. The second-order valence-electron chi connectivity index (χ2n) is 5.82. The Hall–Kier alpha value is -3.24. The molecule has 0 saturated heterocycles. The van der Waals surface area contributed by atoms with Gasteiger partial charge in [0.15, 0.2) is 0 Å². The van der Waals surface area contributed by atoms with Crippen LogP contribution in [0.15, 0.2) is 48.5 Å². The van der Waals surface area contributed by atoms with Gasteiger partial charge in [-0.3, -0.25) is 18.5 Å². The van der Waals surface area contributed by atoms with Crippen molar-refractivity contribution >= 4 is 66.9 Å². The second-order valence-corrected chi connectivity index (χ2v) is 8.46. The SMILES string of the molecule is O=S(=O)(O)Nc1cccc(Nc2nc(Cl)nc(Nc3cccc(NS(=O)(=O)O)c3)n2)c1. The van der Waals surface area contributed by atoms with Crippen molar-refractivity contribution in [2.24, 2.45) is 0 Å². The number of anilines is 6. The van der Waals surface area contributed by atoms with E-state index >= 15 is 0 Å². The minimum absolute atomic E-state index is 0.0127. The first-order chi connectivity index (χ1) is 14.4. The summed E-state index contributed by atoms with van der Waals surface area (Å²) in [4.78, 5) is 12.0. The van der Waals surface area contributed by atoms with Crippen LogP contribution in [0.3, 0.4) is 0 Å². The number of hydrogen-bond acceptors (Lipinski definition) is 9. The highest BCUT2D eigenvalue weighted by Crippen LogP contribution is 2.22. The normalized spacial score (nSPS) is 11.6. The zero-order valence-corrected chi connectivity index (χ0v) is 17.6. The van der Waals surface area contributed by atoms with Crippen molar-refractivity contribution in [1.29, 1.82) is 0 Å². The number of aromatic nitrogens is 3. The molecule has 0 saturated carbocycles. The van der Waals surface area contributed by atoms with Gasteiger partial charge in [-0.05, 0) is 48.0 Å². The highest BCUT2D eigenvalue weighted by Gasteiger charge is 2.09. The predicted octanol–water partition coefficient (Wildman–Crippen LogP) is 2.44. The molecular weight excluding hydrogens is 474 g/mol. The second kappa shape index (κ2) is 8.86. The van der Waals surface area contributed by atoms with Crippen molar-refractivity contribution in [2.45, 2.75) is 0 Å². The zero-order chi connectivity index (χ0) is 22.6. The van der Waals surface area contributed by atoms with Crippen molar-refractivity contribution < 1.29 is 25.9 Å². The quantitative estimate of drug-likeness (QED) is 0.255. The van der Waals surface area contributed by atoms with Crippen LogP contribution in [-0.4, -0.2) is 40.9 Å². The van der Waals surface area contributed by atoms with Gasteiger partial charge in [0.1, 0.15) is 0 Å². The van der Waals surface area contributed by atoms with Gasteiger partial charge in [-0.15, -0.1) is 0 Å². The van der Waals surface area contributed by atoms with Crippen molar-refractivity contribution in [3.05, 3.63) is 53.8 Å². The summed E-state index contributed by atoms with van der Waals surface area (Å²) in [6.45, 7) is 0. The molecule has 0 spiro atoms. The number of halogens is 1. The predicted molar refractivity (Wildman–Crippen MR) is 115 cm³/mol. The van der Waals surface area contributed by atoms with Crippen molar-refractivity contribution in [2.75, 3.05) is 20.1 Å². The van der Waals surface area contributed by atoms with Gasteiger partial charge in [0.05, 0.1) is 11.4 Å². The third-order valence-electron chi connectivity index (χ3n) is 3.34. The first-order valence-electron chi connectivity index (χ1n) is 8.11. The van der Waals surface area contributed by atoms with Crippen LogP contribution in [0.1, 0.15) is 0 Å². The van der Waals surface area contributed by atoms with Gasteiger partial charge < -0.3 is 10.6 Å². The Labute approximate surface area is 181 Å². The standard InChI is InChI=1S/C15H14ClN7O6S2/c16-13-19-14(17-9-3-1-5-11(7-9)22-30(24,25)26)21-15(20-13)18-10-4-2-6-12(8-10)23-31(27,28)29/h1-8,22-23H,(H,24,25,26)(H,27,28,29)(H2,17,18,19,20,21). The molecule has 164 valence electrons. The smallest absolute Gasteiger partial charge is 0.324 e. The third kappa shape index (κ3) is 7.50. The van der Waals surface area contributed by atoms with E-state index in [2.05, 4.69) is 25.6 Å². The van der Waals surface area contributed by atoms with Crippen LogP contribution < -0.4 is 20.1 Å². The highest BCUT2D eigenvalue weighted by atomic mass is 35.5. The number of benzene rings is 2. The molecule has 6 N–H and O–H groups in total. The summed E-state index contributed by atoms with van der Waals surface area (Å²) < 4.78 is 65.4. The van der Waals surface area contributed by atoms with Gasteiger partial charge >= 0.3 is 20.6 Å². The molecule has 0 radical (unpaired) electrons. The van der Waals surface area contributed by atoms with Crippen molar-refractivity contribution in [1.82, 2.24) is 15.0 Å². The average molecular weight is 488 g/mol. The summed E-state index contributed by atoms with van der Waals surface area (Å²) in [5, 5.41) is 5.46. The summed E-state index contributed by atoms with van der Waals surface area (Å²) in [6, 6.07) is 11.8. The topological polar surface area (TPSA) is 196 Å². The summed E-state index contributed by atoms with van der Waals surface area (Å²) >= 11 is 5.93. The average Bonchev–Trinajstić information content (AvgIpc) is 2.58. The fraction of sp³-hybridized carbons (Fsp3) is 0. The molecule has 0 aliphatic heterocycles. The Morgan fingerprint density at radius 3 is 1.45 bits per heavy atom. The Bertz CT molecular complexity index is 1220. The van der Waals surface area contributed by atoms with Crippen LogP contribution in [0, 0.1) is 0 Å². The van der Waals surface area contributed by atoms with Crippen molar-refractivity contribution in [3.63, 3.8) is 0 Å². The van der Waals surface area contributed by atoms with E-state index in [1.54, 1.807) is 12.1 Å². The molecule has 0 amide bonds. The molecule has 31 heavy (non-hydrogen) atoms. The fourth-order valence-electron chi connectivity index (χ4n) is 2.34. The first kappa shape index (κ1) is 22.4. The molecule has 0 aliphatic carbocycles. The number of hydrogen-bond donors (Lipinski definition) is 6. The lowest BCUT2D eigenvalue weighted by Gasteiger charge is -2.10. The molecule has 0 atom stereocenters. The Kier molecular flexibility index (Phi) is 6.42. The fourth-order valence-corrected chi connectivity index (χ4v) is 3.35. The molecule has 16 heteroatoms. The molecule has 1 aromatic heterocycles. The van der Waals surface area contributed by atoms with E-state index in [-0.39, 0.29) is 28.6 Å². The largest absolute Gasteiger partial charge is 0.357 e. The molecule has 3 aromatic rings. The van der Waals surface area contributed by atoms with E-state index in [1.807, 2.05) is 9.44 Å². The van der Waals surface area contributed by atoms with E-state index in [4.69, 9.17) is 20.7 Å². The number of nitrogens with zero attached hydrogens (tertiary/aromatic N) is 3. The van der Waals surface area contributed by atoms with Crippen LogP contribution in [-0.2, 0) is 20.6 Å². The van der Waals surface area contributed by atoms with Gasteiger partial charge in [-0.2, -0.15) is 31.8 Å². The minimum atomic E-state index is -4.44. The molecule has 13 nitrogen and oxygen atoms in total. The molecule has 0 aliphatic rings. The monoisotopic (exact) mass is 487 g/mol. The van der Waals surface area contributed by atoms with Gasteiger partial charge in [0.25, 0.3) is 0 Å². The molecule has 3 rings (SSSR count). The molecule has 2 aromatic carbocycles. The van der Waals surface area contributed by atoms with Gasteiger partial charge in [0.2, 0.25) is 17.2 Å². The van der Waals surface area contributed by atoms with Crippen molar-refractivity contribution in [3.8, 4) is 0 Å². The van der Waals surface area contributed by atoms with Gasteiger partial charge in [-0.1, -0.05) is 12.1 Å². The maximum absolute atomic E-state index is 10.9. The summed E-state index contributed by atoms with van der Waals surface area (Å²) in [7, 11) is -8.88. The van der Waals surface area contributed by atoms with E-state index in [0.29, 0.717) is 11.4 Å². The Balaban J connectivity index is 1.80. The van der Waals surface area contributed by atoms with Crippen LogP contribution >= 0.6 is 11.6 Å². The van der Waals surface area contributed by atoms with Crippen LogP contribution in [0.2, 0.25) is 5.28 Å². The van der Waals surface area contributed by atoms with E-state index in [9.17, 15) is 16.8 Å². The van der Waals surface area contributed by atoms with E-state index in [0.717, 1.165) is 0 Å². The highest BCUT2D eigenvalue weighted by molar-refractivity contribution is 7.87. The molecular formula is C15H14ClN7O6S2. The van der Waals surface area contributed by atoms with Crippen LogP contribution in [0.25, 0.3) is 0 Å². The van der Waals surface area contributed by atoms with Crippen LogP contribution in [0.5, 0.6) is 0 Å². The number of rotatable bonds is 8. The lowest BCUT2D eigenvalue weighted by molar-refractivity contribution is 0.487. The molecule has 0 fully saturated rings. The van der Waals surface area contributed by atoms with Crippen LogP contribution in [0.4, 0.5) is 34.6 Å². The maximum Gasteiger partial charge on any atom is 0.357 e. The maximum atomic E-state index is 10.9. The Morgan fingerprint density at radius 1 is 0.677 bits per heavy atom. The molecule has 0 bridgehead atoms. The first-order valence-corrected chi connectivity index (χ1v) is 11.4. The lowest BCUT2D eigenvalue weighted by Crippen LogP contribution is -2.10. The summed E-state index contributed by atoms with van der Waals surface area (Å²) in [5.74, 6) is 0.0254. The summed E-state index contributed by atoms with van der Waals surface area (Å²) in [5.41, 5.74) is 0.936. The third-order valence-corrected chi connectivity index (χ3v) is 4.50. The van der Waals surface area contributed by atoms with E-state index < -0.39 is 20.6 Å². The number of nitrogens with one attached hydrogen (secondary N) is 4. The molecule has 1 heterocycles. The molecule has 0 unspecified atom stereocenters. The van der Waals surface area contributed by atoms with Gasteiger partial charge in [0, 0.05) is 11.4 Å².